The van der Waals surface area contributed by atoms with E-state index in [2.05, 4.69) is 0 Å². The van der Waals surface area contributed by atoms with Gasteiger partial charge in [0, 0.05) is 13.0 Å². The van der Waals surface area contributed by atoms with E-state index in [1.54, 1.807) is 7.11 Å². The van der Waals surface area contributed by atoms with Gasteiger partial charge in [0.1, 0.15) is 6.29 Å². The first-order valence-corrected chi connectivity index (χ1v) is 3.37. The summed E-state index contributed by atoms with van der Waals surface area (Å²) in [7, 11) is 1.64. The fourth-order valence-corrected chi connectivity index (χ4v) is 0.456. The molecule has 0 aliphatic heterocycles. The molecular weight excluding hydrogens is 128 g/mol. The molecular formula is C8H14O2. The average Bonchev–Trinajstić information content (AvgIpc) is 1.99. The highest BCUT2D eigenvalue weighted by Gasteiger charge is 1.94. The minimum absolute atomic E-state index is 0.00222. The van der Waals surface area contributed by atoms with Crippen LogP contribution in [0.4, 0.5) is 0 Å². The van der Waals surface area contributed by atoms with Gasteiger partial charge >= 0.3 is 0 Å². The third kappa shape index (κ3) is 4.27. The third-order valence-corrected chi connectivity index (χ3v) is 1.27. The summed E-state index contributed by atoms with van der Waals surface area (Å²) < 4.78 is 4.94. The standard InChI is InChI=1S/C8H14O2/c1-7(6-9)4-5-8(2)10-3/h4-8H,1-3H3. The summed E-state index contributed by atoms with van der Waals surface area (Å²) in [6.45, 7) is 3.76. The molecule has 0 saturated heterocycles. The van der Waals surface area contributed by atoms with Crippen LogP contribution in [0.3, 0.4) is 0 Å². The average molecular weight is 142 g/mol. The molecule has 0 aliphatic rings. The van der Waals surface area contributed by atoms with E-state index in [0.717, 1.165) is 6.29 Å². The fourth-order valence-electron chi connectivity index (χ4n) is 0.456. The first-order chi connectivity index (χ1) is 4.70. The number of carbonyl (C=O) groups is 1. The fraction of sp³-hybridized carbons (Fsp3) is 0.625. The second kappa shape index (κ2) is 5.18. The highest BCUT2D eigenvalue weighted by Crippen LogP contribution is 1.95. The predicted octanol–water partition coefficient (Wildman–Crippen LogP) is 1.41. The van der Waals surface area contributed by atoms with Crippen molar-refractivity contribution in [3.8, 4) is 0 Å². The molecule has 2 unspecified atom stereocenters. The number of rotatable bonds is 4. The number of allylic oxidation sites excluding steroid dienone is 1. The molecule has 0 rings (SSSR count). The molecule has 0 bridgehead atoms. The van der Waals surface area contributed by atoms with Crippen LogP contribution in [0, 0.1) is 5.92 Å². The summed E-state index contributed by atoms with van der Waals surface area (Å²) >= 11 is 0. The predicted molar refractivity (Wildman–Crippen MR) is 40.8 cm³/mol. The molecule has 0 saturated carbocycles. The lowest BCUT2D eigenvalue weighted by Gasteiger charge is -2.01. The third-order valence-electron chi connectivity index (χ3n) is 1.27. The molecule has 0 heterocycles. The Hall–Kier alpha value is -0.630. The zero-order valence-electron chi connectivity index (χ0n) is 6.70. The SMILES string of the molecule is COC(C)C=CC(C)C=O. The number of ether oxygens (including phenoxy) is 1. The highest BCUT2D eigenvalue weighted by molar-refractivity contribution is 5.55. The van der Waals surface area contributed by atoms with Crippen molar-refractivity contribution < 1.29 is 9.53 Å². The minimum atomic E-state index is -0.00222. The topological polar surface area (TPSA) is 26.3 Å². The Morgan fingerprint density at radius 1 is 1.30 bits per heavy atom. The van der Waals surface area contributed by atoms with Gasteiger partial charge in [0.15, 0.2) is 0 Å². The number of aldehydes is 1. The molecule has 0 aliphatic carbocycles. The van der Waals surface area contributed by atoms with Crippen LogP contribution in [-0.2, 0) is 9.53 Å². The van der Waals surface area contributed by atoms with Crippen molar-refractivity contribution in [2.45, 2.75) is 20.0 Å². The summed E-state index contributed by atoms with van der Waals surface area (Å²) in [5, 5.41) is 0. The molecule has 10 heavy (non-hydrogen) atoms. The maximum atomic E-state index is 10.1. The molecule has 0 aromatic rings. The number of hydrogen-bond acceptors (Lipinski definition) is 2. The van der Waals surface area contributed by atoms with Crippen molar-refractivity contribution in [1.29, 1.82) is 0 Å². The van der Waals surface area contributed by atoms with E-state index < -0.39 is 0 Å². The van der Waals surface area contributed by atoms with Crippen LogP contribution >= 0.6 is 0 Å². The summed E-state index contributed by atoms with van der Waals surface area (Å²) in [6, 6.07) is 0. The van der Waals surface area contributed by atoms with Crippen molar-refractivity contribution in [2.24, 2.45) is 5.92 Å². The maximum absolute atomic E-state index is 10.1. The number of methoxy groups -OCH3 is 1. The van der Waals surface area contributed by atoms with Gasteiger partial charge < -0.3 is 9.53 Å². The van der Waals surface area contributed by atoms with E-state index in [-0.39, 0.29) is 12.0 Å². The number of hydrogen-bond donors (Lipinski definition) is 0. The van der Waals surface area contributed by atoms with E-state index in [4.69, 9.17) is 4.74 Å². The van der Waals surface area contributed by atoms with E-state index in [1.165, 1.54) is 0 Å². The normalized spacial score (nSPS) is 17.1. The van der Waals surface area contributed by atoms with Crippen LogP contribution in [0.2, 0.25) is 0 Å². The second-order valence-electron chi connectivity index (χ2n) is 2.32. The molecule has 0 fully saturated rings. The first-order valence-electron chi connectivity index (χ1n) is 3.37. The molecule has 0 aromatic carbocycles. The van der Waals surface area contributed by atoms with Gasteiger partial charge in [-0.25, -0.2) is 0 Å². The number of carbonyl (C=O) groups excluding carboxylic acids is 1. The first kappa shape index (κ1) is 9.37. The van der Waals surface area contributed by atoms with Crippen molar-refractivity contribution in [1.82, 2.24) is 0 Å². The largest absolute Gasteiger partial charge is 0.378 e. The lowest BCUT2D eigenvalue weighted by Crippen LogP contribution is -2.00. The molecule has 2 heteroatoms. The van der Waals surface area contributed by atoms with Crippen LogP contribution in [0.25, 0.3) is 0 Å². The van der Waals surface area contributed by atoms with Crippen molar-refractivity contribution in [3.05, 3.63) is 12.2 Å². The Kier molecular flexibility index (Phi) is 4.85. The van der Waals surface area contributed by atoms with Gasteiger partial charge in [-0.1, -0.05) is 19.1 Å². The lowest BCUT2D eigenvalue weighted by molar-refractivity contribution is -0.109. The maximum Gasteiger partial charge on any atom is 0.126 e. The van der Waals surface area contributed by atoms with E-state index in [1.807, 2.05) is 26.0 Å². The Bertz CT molecular complexity index is 118. The van der Waals surface area contributed by atoms with Gasteiger partial charge in [-0.05, 0) is 6.92 Å². The summed E-state index contributed by atoms with van der Waals surface area (Å²) in [4.78, 5) is 10.1. The zero-order chi connectivity index (χ0) is 7.98. The van der Waals surface area contributed by atoms with Gasteiger partial charge in [0.05, 0.1) is 6.10 Å². The highest BCUT2D eigenvalue weighted by atomic mass is 16.5. The zero-order valence-corrected chi connectivity index (χ0v) is 6.70. The van der Waals surface area contributed by atoms with Crippen LogP contribution < -0.4 is 0 Å². The Balaban J connectivity index is 3.62. The van der Waals surface area contributed by atoms with Crippen LogP contribution in [0.5, 0.6) is 0 Å². The van der Waals surface area contributed by atoms with E-state index >= 15 is 0 Å². The van der Waals surface area contributed by atoms with Gasteiger partial charge in [0.25, 0.3) is 0 Å². The van der Waals surface area contributed by atoms with Crippen molar-refractivity contribution in [2.75, 3.05) is 7.11 Å². The van der Waals surface area contributed by atoms with Crippen LogP contribution in [0.15, 0.2) is 12.2 Å². The molecule has 0 aromatic heterocycles. The Morgan fingerprint density at radius 3 is 2.30 bits per heavy atom. The Morgan fingerprint density at radius 2 is 1.90 bits per heavy atom. The summed E-state index contributed by atoms with van der Waals surface area (Å²) in [5.74, 6) is -0.00222. The quantitative estimate of drug-likeness (QED) is 0.438. The summed E-state index contributed by atoms with van der Waals surface area (Å²) in [5.41, 5.74) is 0. The van der Waals surface area contributed by atoms with Crippen molar-refractivity contribution >= 4 is 6.29 Å². The monoisotopic (exact) mass is 142 g/mol. The molecule has 58 valence electrons. The molecule has 0 spiro atoms. The van der Waals surface area contributed by atoms with Crippen LogP contribution in [-0.4, -0.2) is 19.5 Å². The van der Waals surface area contributed by atoms with Gasteiger partial charge in [-0.2, -0.15) is 0 Å². The van der Waals surface area contributed by atoms with E-state index in [9.17, 15) is 4.79 Å². The smallest absolute Gasteiger partial charge is 0.126 e. The van der Waals surface area contributed by atoms with Crippen molar-refractivity contribution in [3.63, 3.8) is 0 Å². The molecule has 0 radical (unpaired) electrons. The second-order valence-corrected chi connectivity index (χ2v) is 2.32. The summed E-state index contributed by atoms with van der Waals surface area (Å²) in [6.07, 6.45) is 4.71. The molecule has 2 atom stereocenters. The molecule has 0 N–H and O–H groups in total. The van der Waals surface area contributed by atoms with Crippen LogP contribution in [0.1, 0.15) is 13.8 Å². The molecule has 2 nitrogen and oxygen atoms in total. The lowest BCUT2D eigenvalue weighted by atomic mass is 10.2. The minimum Gasteiger partial charge on any atom is -0.378 e. The van der Waals surface area contributed by atoms with E-state index in [0.29, 0.717) is 0 Å². The van der Waals surface area contributed by atoms with Gasteiger partial charge in [-0.15, -0.1) is 0 Å². The molecule has 0 amide bonds. The van der Waals surface area contributed by atoms with Gasteiger partial charge in [0.2, 0.25) is 0 Å². The van der Waals surface area contributed by atoms with Gasteiger partial charge in [-0.3, -0.25) is 0 Å². The Labute approximate surface area is 61.9 Å².